The van der Waals surface area contributed by atoms with Crippen molar-refractivity contribution < 1.29 is 18.0 Å². The van der Waals surface area contributed by atoms with Gasteiger partial charge in [-0.3, -0.25) is 9.48 Å². The van der Waals surface area contributed by atoms with Crippen molar-refractivity contribution in [2.75, 3.05) is 10.6 Å². The van der Waals surface area contributed by atoms with Crippen molar-refractivity contribution in [1.82, 2.24) is 25.0 Å². The fourth-order valence-corrected chi connectivity index (χ4v) is 3.98. The number of nitrogens with one attached hydrogen (secondary N) is 2. The highest BCUT2D eigenvalue weighted by molar-refractivity contribution is 5.96. The van der Waals surface area contributed by atoms with Gasteiger partial charge >= 0.3 is 6.18 Å². The first-order valence-electron chi connectivity index (χ1n) is 10.5. The van der Waals surface area contributed by atoms with Crippen molar-refractivity contribution in [3.63, 3.8) is 0 Å². The molecule has 2 atom stereocenters. The van der Waals surface area contributed by atoms with E-state index in [-0.39, 0.29) is 29.5 Å². The lowest BCUT2D eigenvalue weighted by molar-refractivity contribution is -0.142. The maximum Gasteiger partial charge on any atom is 0.408 e. The molecule has 0 unspecified atom stereocenters. The first-order valence-corrected chi connectivity index (χ1v) is 10.5. The van der Waals surface area contributed by atoms with Crippen LogP contribution in [0.5, 0.6) is 0 Å². The second kappa shape index (κ2) is 8.81. The molecule has 1 aliphatic rings. The van der Waals surface area contributed by atoms with Crippen molar-refractivity contribution >= 4 is 34.3 Å². The number of carbonyl (C=O) groups is 1. The molecule has 2 aromatic heterocycles. The second-order valence-electron chi connectivity index (χ2n) is 8.19. The van der Waals surface area contributed by atoms with E-state index in [1.807, 2.05) is 0 Å². The number of fused-ring (bicyclic) bond motifs is 1. The molecular weight excluding hydrogens is 439 g/mol. The van der Waals surface area contributed by atoms with Crippen molar-refractivity contribution in [1.29, 1.82) is 0 Å². The minimum atomic E-state index is -4.38. The number of hydrogen-bond acceptors (Lipinski definition) is 8. The van der Waals surface area contributed by atoms with Gasteiger partial charge in [0.1, 0.15) is 6.54 Å². The van der Waals surface area contributed by atoms with Crippen molar-refractivity contribution in [3.8, 4) is 0 Å². The number of anilines is 3. The molecule has 0 spiro atoms. The molecule has 0 saturated heterocycles. The molecule has 1 aromatic carbocycles. The van der Waals surface area contributed by atoms with Crippen LogP contribution in [-0.2, 0) is 6.54 Å². The molecule has 0 aliphatic heterocycles. The molecule has 33 heavy (non-hydrogen) atoms. The molecule has 1 amide bonds. The Kier molecular flexibility index (Phi) is 6.06. The number of nitrogens with zero attached hydrogens (tertiary/aromatic N) is 5. The number of hydrogen-bond donors (Lipinski definition) is 4. The molecule has 3 aromatic rings. The van der Waals surface area contributed by atoms with Crippen LogP contribution < -0.4 is 22.1 Å². The summed E-state index contributed by atoms with van der Waals surface area (Å²) in [4.78, 5) is 16.2. The topological polar surface area (TPSA) is 150 Å². The van der Waals surface area contributed by atoms with Crippen LogP contribution in [0.3, 0.4) is 0 Å². The van der Waals surface area contributed by atoms with Gasteiger partial charge in [0.2, 0.25) is 5.95 Å². The predicted octanol–water partition coefficient (Wildman–Crippen LogP) is 2.62. The van der Waals surface area contributed by atoms with E-state index in [1.165, 1.54) is 6.20 Å². The highest BCUT2D eigenvalue weighted by Gasteiger charge is 2.29. The monoisotopic (exact) mass is 463 g/mol. The Morgan fingerprint density at radius 2 is 2.00 bits per heavy atom. The normalized spacial score (nSPS) is 18.9. The third-order valence-electron chi connectivity index (χ3n) is 5.50. The maximum absolute atomic E-state index is 12.7. The van der Waals surface area contributed by atoms with Gasteiger partial charge in [-0.05, 0) is 37.5 Å². The first-order chi connectivity index (χ1) is 15.6. The summed E-state index contributed by atoms with van der Waals surface area (Å²) in [5.41, 5.74) is 13.0. The van der Waals surface area contributed by atoms with E-state index in [0.717, 1.165) is 30.4 Å². The molecule has 6 N–H and O–H groups in total. The summed E-state index contributed by atoms with van der Waals surface area (Å²) in [6, 6.07) is 3.22. The van der Waals surface area contributed by atoms with Crippen LogP contribution >= 0.6 is 0 Å². The van der Waals surface area contributed by atoms with E-state index < -0.39 is 18.6 Å². The number of amides is 1. The standard InChI is InChI=1S/C20H24F3N9O/c1-10-6-12(7-11-8-32(31-15(10)11)9-20(21,22)23)26-18-16(17(25)33)29-30-19(28-18)27-14-5-3-2-4-13(14)24/h6-8,13-14H,2-5,9,24H2,1H3,(H2,25,33)(H2,26,27,28,30)/t13-,14+/m0/s1. The van der Waals surface area contributed by atoms with Gasteiger partial charge < -0.3 is 22.1 Å². The van der Waals surface area contributed by atoms with Gasteiger partial charge in [0.15, 0.2) is 11.5 Å². The Morgan fingerprint density at radius 1 is 1.24 bits per heavy atom. The van der Waals surface area contributed by atoms with Gasteiger partial charge in [0.05, 0.1) is 5.52 Å². The zero-order valence-corrected chi connectivity index (χ0v) is 17.9. The van der Waals surface area contributed by atoms with Crippen LogP contribution in [0, 0.1) is 6.92 Å². The van der Waals surface area contributed by atoms with E-state index in [1.54, 1.807) is 19.1 Å². The second-order valence-corrected chi connectivity index (χ2v) is 8.19. The molecule has 0 radical (unpaired) electrons. The summed E-state index contributed by atoms with van der Waals surface area (Å²) in [5.74, 6) is -0.555. The molecule has 0 bridgehead atoms. The lowest BCUT2D eigenvalue weighted by atomic mass is 9.91. The Labute approximate surface area is 186 Å². The SMILES string of the molecule is Cc1cc(Nc2nc(N[C@@H]3CCCC[C@@H]3N)nnc2C(N)=O)cc2cn(CC(F)(F)F)nc12. The van der Waals surface area contributed by atoms with Crippen LogP contribution in [0.25, 0.3) is 10.9 Å². The predicted molar refractivity (Wildman–Crippen MR) is 116 cm³/mol. The number of alkyl halides is 3. The zero-order chi connectivity index (χ0) is 23.8. The smallest absolute Gasteiger partial charge is 0.364 e. The third kappa shape index (κ3) is 5.30. The summed E-state index contributed by atoms with van der Waals surface area (Å²) in [6.07, 6.45) is 0.771. The van der Waals surface area contributed by atoms with Crippen molar-refractivity contribution in [2.45, 2.75) is 57.4 Å². The number of aromatic nitrogens is 5. The number of aryl methyl sites for hydroxylation is 1. The summed E-state index contributed by atoms with van der Waals surface area (Å²) in [7, 11) is 0. The molecular formula is C20H24F3N9O. The fourth-order valence-electron chi connectivity index (χ4n) is 3.98. The van der Waals surface area contributed by atoms with Crippen LogP contribution in [0.1, 0.15) is 41.7 Å². The Balaban J connectivity index is 1.63. The molecule has 1 saturated carbocycles. The van der Waals surface area contributed by atoms with Crippen molar-refractivity contribution in [3.05, 3.63) is 29.6 Å². The van der Waals surface area contributed by atoms with Gasteiger partial charge in [-0.1, -0.05) is 12.8 Å². The first kappa shape index (κ1) is 22.7. The minimum Gasteiger partial charge on any atom is -0.364 e. The minimum absolute atomic E-state index is 0.0223. The van der Waals surface area contributed by atoms with Gasteiger partial charge in [0.25, 0.3) is 5.91 Å². The Bertz CT molecular complexity index is 1180. The Hall–Kier alpha value is -3.48. The van der Waals surface area contributed by atoms with Crippen LogP contribution in [0.2, 0.25) is 0 Å². The van der Waals surface area contributed by atoms with E-state index >= 15 is 0 Å². The van der Waals surface area contributed by atoms with Gasteiger partial charge in [0, 0.05) is 29.4 Å². The molecule has 13 heteroatoms. The van der Waals surface area contributed by atoms with Gasteiger partial charge in [-0.15, -0.1) is 10.2 Å². The zero-order valence-electron chi connectivity index (χ0n) is 17.9. The largest absolute Gasteiger partial charge is 0.408 e. The summed E-state index contributed by atoms with van der Waals surface area (Å²) >= 11 is 0. The molecule has 10 nitrogen and oxygen atoms in total. The Morgan fingerprint density at radius 3 is 2.70 bits per heavy atom. The summed E-state index contributed by atoms with van der Waals surface area (Å²) < 4.78 is 39.1. The molecule has 1 aliphatic carbocycles. The van der Waals surface area contributed by atoms with Crippen molar-refractivity contribution in [2.24, 2.45) is 11.5 Å². The van der Waals surface area contributed by atoms with Gasteiger partial charge in [-0.25, -0.2) is 0 Å². The fraction of sp³-hybridized carbons (Fsp3) is 0.450. The molecule has 2 heterocycles. The number of primary amides is 1. The highest BCUT2D eigenvalue weighted by atomic mass is 19.4. The van der Waals surface area contributed by atoms with Crippen LogP contribution in [-0.4, -0.2) is 49.1 Å². The average molecular weight is 463 g/mol. The van der Waals surface area contributed by atoms with E-state index in [2.05, 4.69) is 30.9 Å². The molecule has 1 fully saturated rings. The summed E-state index contributed by atoms with van der Waals surface area (Å²) in [6.45, 7) is 0.535. The number of rotatable bonds is 6. The number of nitrogens with two attached hydrogens (primary N) is 2. The maximum atomic E-state index is 12.7. The van der Waals surface area contributed by atoms with Crippen LogP contribution in [0.4, 0.5) is 30.6 Å². The quantitative estimate of drug-likeness (QED) is 0.436. The van der Waals surface area contributed by atoms with Crippen LogP contribution in [0.15, 0.2) is 18.3 Å². The van der Waals surface area contributed by atoms with E-state index in [0.29, 0.717) is 22.2 Å². The van der Waals surface area contributed by atoms with E-state index in [4.69, 9.17) is 11.5 Å². The third-order valence-corrected chi connectivity index (χ3v) is 5.50. The molecule has 176 valence electrons. The van der Waals surface area contributed by atoms with E-state index in [9.17, 15) is 18.0 Å². The number of benzene rings is 1. The molecule has 4 rings (SSSR count). The number of halogens is 3. The average Bonchev–Trinajstić information content (AvgIpc) is 3.11. The van der Waals surface area contributed by atoms with Gasteiger partial charge in [-0.2, -0.15) is 23.3 Å². The lowest BCUT2D eigenvalue weighted by Gasteiger charge is -2.29. The number of carbonyl (C=O) groups excluding carboxylic acids is 1. The highest BCUT2D eigenvalue weighted by Crippen LogP contribution is 2.27. The summed E-state index contributed by atoms with van der Waals surface area (Å²) in [5, 5.41) is 18.5. The lowest BCUT2D eigenvalue weighted by Crippen LogP contribution is -2.43.